The van der Waals surface area contributed by atoms with E-state index in [1.165, 1.54) is 0 Å². The molecule has 6 nitrogen and oxygen atoms in total. The molecular formula is C15H23N3O3. The largest absolute Gasteiger partial charge is 0.465 e. The molecule has 0 aromatic carbocycles. The number of anilines is 1. The molecule has 1 aromatic rings. The van der Waals surface area contributed by atoms with Crippen molar-refractivity contribution in [3.63, 3.8) is 0 Å². The standard InChI is InChI=1S/C15H23N3O3/c1-2-20-13(19)15(8-4-3-5-9-15)12-16-14(17-21-12)18-10-6-7-11-18/h2-11H2,1H3. The molecule has 0 bridgehead atoms. The molecule has 1 aliphatic carbocycles. The Morgan fingerprint density at radius 1 is 1.24 bits per heavy atom. The Morgan fingerprint density at radius 3 is 2.62 bits per heavy atom. The number of ether oxygens (including phenoxy) is 1. The molecule has 1 saturated heterocycles. The van der Waals surface area contributed by atoms with Crippen LogP contribution < -0.4 is 4.90 Å². The summed E-state index contributed by atoms with van der Waals surface area (Å²) in [6.45, 7) is 4.14. The Balaban J connectivity index is 1.87. The van der Waals surface area contributed by atoms with Gasteiger partial charge in [0.2, 0.25) is 5.89 Å². The van der Waals surface area contributed by atoms with Gasteiger partial charge in [0.1, 0.15) is 5.41 Å². The van der Waals surface area contributed by atoms with Crippen molar-refractivity contribution >= 4 is 11.9 Å². The Kier molecular flexibility index (Phi) is 4.12. The van der Waals surface area contributed by atoms with Gasteiger partial charge < -0.3 is 14.2 Å². The number of hydrogen-bond acceptors (Lipinski definition) is 6. The zero-order valence-corrected chi connectivity index (χ0v) is 12.6. The molecule has 3 rings (SSSR count). The van der Waals surface area contributed by atoms with Crippen LogP contribution in [0.2, 0.25) is 0 Å². The quantitative estimate of drug-likeness (QED) is 0.794. The minimum atomic E-state index is -0.723. The van der Waals surface area contributed by atoms with E-state index in [-0.39, 0.29) is 5.97 Å². The third kappa shape index (κ3) is 2.63. The smallest absolute Gasteiger partial charge is 0.321 e. The Morgan fingerprint density at radius 2 is 1.95 bits per heavy atom. The van der Waals surface area contributed by atoms with Gasteiger partial charge in [-0.05, 0) is 37.8 Å². The van der Waals surface area contributed by atoms with Crippen molar-refractivity contribution in [2.24, 2.45) is 0 Å². The first-order chi connectivity index (χ1) is 10.3. The Bertz CT molecular complexity index is 488. The molecule has 6 heteroatoms. The van der Waals surface area contributed by atoms with E-state index < -0.39 is 5.41 Å². The van der Waals surface area contributed by atoms with E-state index in [9.17, 15) is 4.79 Å². The predicted molar refractivity (Wildman–Crippen MR) is 77.1 cm³/mol. The van der Waals surface area contributed by atoms with E-state index >= 15 is 0 Å². The zero-order chi connectivity index (χ0) is 14.7. The number of esters is 1. The number of rotatable bonds is 4. The lowest BCUT2D eigenvalue weighted by Gasteiger charge is -2.31. The van der Waals surface area contributed by atoms with Crippen LogP contribution >= 0.6 is 0 Å². The highest BCUT2D eigenvalue weighted by molar-refractivity contribution is 5.82. The third-order valence-corrected chi connectivity index (χ3v) is 4.59. The van der Waals surface area contributed by atoms with Crippen molar-refractivity contribution in [3.8, 4) is 0 Å². The first-order valence-electron chi connectivity index (χ1n) is 8.02. The summed E-state index contributed by atoms with van der Waals surface area (Å²) in [7, 11) is 0. The van der Waals surface area contributed by atoms with Gasteiger partial charge >= 0.3 is 5.97 Å². The van der Waals surface area contributed by atoms with Gasteiger partial charge in [-0.25, -0.2) is 0 Å². The molecule has 2 aliphatic rings. The highest BCUT2D eigenvalue weighted by atomic mass is 16.5. The van der Waals surface area contributed by atoms with Crippen LogP contribution in [0, 0.1) is 0 Å². The molecule has 1 aromatic heterocycles. The van der Waals surface area contributed by atoms with Gasteiger partial charge in [0.15, 0.2) is 0 Å². The molecule has 21 heavy (non-hydrogen) atoms. The van der Waals surface area contributed by atoms with Crippen LogP contribution in [0.15, 0.2) is 4.52 Å². The minimum Gasteiger partial charge on any atom is -0.465 e. The lowest BCUT2D eigenvalue weighted by Crippen LogP contribution is -2.40. The van der Waals surface area contributed by atoms with Crippen molar-refractivity contribution < 1.29 is 14.1 Å². The second kappa shape index (κ2) is 6.03. The van der Waals surface area contributed by atoms with Crippen LogP contribution in [0.3, 0.4) is 0 Å². The fraction of sp³-hybridized carbons (Fsp3) is 0.800. The Hall–Kier alpha value is -1.59. The van der Waals surface area contributed by atoms with E-state index in [1.54, 1.807) is 0 Å². The van der Waals surface area contributed by atoms with Gasteiger partial charge in [-0.1, -0.05) is 19.3 Å². The molecule has 0 amide bonds. The van der Waals surface area contributed by atoms with Crippen LogP contribution in [0.4, 0.5) is 5.95 Å². The summed E-state index contributed by atoms with van der Waals surface area (Å²) in [4.78, 5) is 19.1. The van der Waals surface area contributed by atoms with Crippen molar-refractivity contribution in [2.75, 3.05) is 24.6 Å². The fourth-order valence-electron chi connectivity index (χ4n) is 3.39. The van der Waals surface area contributed by atoms with Gasteiger partial charge in [0, 0.05) is 13.1 Å². The predicted octanol–water partition coefficient (Wildman–Crippen LogP) is 2.43. The number of nitrogens with zero attached hydrogens (tertiary/aromatic N) is 3. The van der Waals surface area contributed by atoms with E-state index in [1.807, 2.05) is 6.92 Å². The van der Waals surface area contributed by atoms with Gasteiger partial charge in [-0.15, -0.1) is 0 Å². The van der Waals surface area contributed by atoms with Gasteiger partial charge in [0.05, 0.1) is 6.61 Å². The molecule has 0 radical (unpaired) electrons. The molecule has 2 heterocycles. The fourth-order valence-corrected chi connectivity index (χ4v) is 3.39. The number of carbonyl (C=O) groups excluding carboxylic acids is 1. The third-order valence-electron chi connectivity index (χ3n) is 4.59. The molecule has 0 atom stereocenters. The zero-order valence-electron chi connectivity index (χ0n) is 12.6. The summed E-state index contributed by atoms with van der Waals surface area (Å²) < 4.78 is 10.8. The Labute approximate surface area is 124 Å². The van der Waals surface area contributed by atoms with Crippen LogP contribution in [0.25, 0.3) is 0 Å². The average Bonchev–Trinajstić information content (AvgIpc) is 3.19. The van der Waals surface area contributed by atoms with Crippen LogP contribution in [0.1, 0.15) is 57.8 Å². The highest BCUT2D eigenvalue weighted by Crippen LogP contribution is 2.40. The van der Waals surface area contributed by atoms with E-state index in [2.05, 4.69) is 15.0 Å². The number of hydrogen-bond donors (Lipinski definition) is 0. The molecular weight excluding hydrogens is 270 g/mol. The molecule has 1 aliphatic heterocycles. The summed E-state index contributed by atoms with van der Waals surface area (Å²) in [5.41, 5.74) is -0.723. The molecule has 0 spiro atoms. The van der Waals surface area contributed by atoms with Crippen LogP contribution in [0.5, 0.6) is 0 Å². The molecule has 0 N–H and O–H groups in total. The maximum absolute atomic E-state index is 12.5. The van der Waals surface area contributed by atoms with E-state index in [0.717, 1.165) is 58.0 Å². The maximum atomic E-state index is 12.5. The van der Waals surface area contributed by atoms with Crippen molar-refractivity contribution in [1.82, 2.24) is 10.1 Å². The van der Waals surface area contributed by atoms with Gasteiger partial charge in [0.25, 0.3) is 5.95 Å². The summed E-state index contributed by atoms with van der Waals surface area (Å²) >= 11 is 0. The highest BCUT2D eigenvalue weighted by Gasteiger charge is 2.47. The van der Waals surface area contributed by atoms with Crippen molar-refractivity contribution in [3.05, 3.63) is 5.89 Å². The van der Waals surface area contributed by atoms with Crippen molar-refractivity contribution in [2.45, 2.75) is 57.3 Å². The van der Waals surface area contributed by atoms with E-state index in [4.69, 9.17) is 9.26 Å². The first kappa shape index (κ1) is 14.4. The molecule has 2 fully saturated rings. The number of aromatic nitrogens is 2. The first-order valence-corrected chi connectivity index (χ1v) is 8.02. The molecule has 116 valence electrons. The summed E-state index contributed by atoms with van der Waals surface area (Å²) in [5, 5.41) is 4.09. The summed E-state index contributed by atoms with van der Waals surface area (Å²) in [6, 6.07) is 0. The second-order valence-electron chi connectivity index (χ2n) is 5.96. The monoisotopic (exact) mass is 293 g/mol. The second-order valence-corrected chi connectivity index (χ2v) is 5.96. The van der Waals surface area contributed by atoms with E-state index in [0.29, 0.717) is 18.4 Å². The number of carbonyl (C=O) groups is 1. The summed E-state index contributed by atoms with van der Waals surface area (Å²) in [5.74, 6) is 0.862. The SMILES string of the molecule is CCOC(=O)C1(c2nc(N3CCCC3)no2)CCCCC1. The molecule has 1 saturated carbocycles. The molecule has 0 unspecified atom stereocenters. The van der Waals surface area contributed by atoms with Gasteiger partial charge in [-0.3, -0.25) is 4.79 Å². The van der Waals surface area contributed by atoms with Crippen LogP contribution in [-0.4, -0.2) is 35.8 Å². The van der Waals surface area contributed by atoms with Crippen LogP contribution in [-0.2, 0) is 14.9 Å². The summed E-state index contributed by atoms with van der Waals surface area (Å²) in [6.07, 6.45) is 6.95. The maximum Gasteiger partial charge on any atom is 0.321 e. The van der Waals surface area contributed by atoms with Gasteiger partial charge in [-0.2, -0.15) is 4.98 Å². The topological polar surface area (TPSA) is 68.5 Å². The average molecular weight is 293 g/mol. The minimum absolute atomic E-state index is 0.207. The normalized spacial score (nSPS) is 21.5. The lowest BCUT2D eigenvalue weighted by atomic mass is 9.74. The lowest BCUT2D eigenvalue weighted by molar-refractivity contribution is -0.152. The van der Waals surface area contributed by atoms with Crippen molar-refractivity contribution in [1.29, 1.82) is 0 Å².